The number of rotatable bonds is 5. The average Bonchev–Trinajstić information content (AvgIpc) is 2.84. The average molecular weight is 310 g/mol. The van der Waals surface area contributed by atoms with Crippen molar-refractivity contribution in [3.8, 4) is 16.9 Å². The van der Waals surface area contributed by atoms with Gasteiger partial charge in [-0.25, -0.2) is 0 Å². The summed E-state index contributed by atoms with van der Waals surface area (Å²) >= 11 is 0. The van der Waals surface area contributed by atoms with Crippen LogP contribution in [0.25, 0.3) is 11.1 Å². The van der Waals surface area contributed by atoms with Gasteiger partial charge in [0.25, 0.3) is 0 Å². The van der Waals surface area contributed by atoms with Gasteiger partial charge in [-0.1, -0.05) is 18.2 Å². The Kier molecular flexibility index (Phi) is 4.42. The molecule has 0 aromatic heterocycles. The molecule has 0 saturated heterocycles. The second-order valence-electron chi connectivity index (χ2n) is 6.66. The third-order valence-corrected chi connectivity index (χ3v) is 4.85. The Bertz CT molecular complexity index is 722. The van der Waals surface area contributed by atoms with Crippen LogP contribution in [-0.4, -0.2) is 38.7 Å². The fraction of sp³-hybridized carbons (Fsp3) is 0.400. The van der Waals surface area contributed by atoms with Crippen molar-refractivity contribution < 1.29 is 4.74 Å². The van der Waals surface area contributed by atoms with E-state index in [1.807, 2.05) is 0 Å². The number of hydrogen-bond donors (Lipinski definition) is 1. The monoisotopic (exact) mass is 310 g/mol. The third-order valence-electron chi connectivity index (χ3n) is 4.85. The summed E-state index contributed by atoms with van der Waals surface area (Å²) in [4.78, 5) is 2.12. The highest BCUT2D eigenvalue weighted by Gasteiger charge is 2.29. The standard InChI is InChI=1S/C20H26N2O/c1-13-5-7-17-19(12-21)18-11-15(23-10-9-22(3)4)6-8-16(18)20(17)14(13)2/h5-8,11,19H,9-10,12,21H2,1-4H3. The van der Waals surface area contributed by atoms with Crippen molar-refractivity contribution in [3.05, 3.63) is 52.6 Å². The first-order valence-corrected chi connectivity index (χ1v) is 8.25. The molecule has 1 atom stereocenters. The van der Waals surface area contributed by atoms with E-state index in [9.17, 15) is 0 Å². The molecule has 1 unspecified atom stereocenters. The van der Waals surface area contributed by atoms with Crippen LogP contribution in [0.5, 0.6) is 5.75 Å². The SMILES string of the molecule is Cc1ccc2c(c1C)-c1ccc(OCCN(C)C)cc1C2CN. The smallest absolute Gasteiger partial charge is 0.119 e. The van der Waals surface area contributed by atoms with E-state index in [0.29, 0.717) is 13.2 Å². The largest absolute Gasteiger partial charge is 0.492 e. The fourth-order valence-corrected chi connectivity index (χ4v) is 3.40. The van der Waals surface area contributed by atoms with Crippen molar-refractivity contribution in [2.24, 2.45) is 5.73 Å². The van der Waals surface area contributed by atoms with Gasteiger partial charge in [0.05, 0.1) is 0 Å². The van der Waals surface area contributed by atoms with E-state index in [0.717, 1.165) is 12.3 Å². The van der Waals surface area contributed by atoms with E-state index >= 15 is 0 Å². The molecule has 1 aliphatic rings. The van der Waals surface area contributed by atoms with E-state index in [2.05, 4.69) is 63.2 Å². The summed E-state index contributed by atoms with van der Waals surface area (Å²) in [5, 5.41) is 0. The van der Waals surface area contributed by atoms with Gasteiger partial charge < -0.3 is 15.4 Å². The summed E-state index contributed by atoms with van der Waals surface area (Å²) in [6.45, 7) is 6.62. The highest BCUT2D eigenvalue weighted by molar-refractivity contribution is 5.82. The van der Waals surface area contributed by atoms with E-state index < -0.39 is 0 Å². The minimum atomic E-state index is 0.275. The first-order chi connectivity index (χ1) is 11.0. The molecule has 3 heteroatoms. The van der Waals surface area contributed by atoms with Gasteiger partial charge in [0.2, 0.25) is 0 Å². The lowest BCUT2D eigenvalue weighted by molar-refractivity contribution is 0.261. The predicted octanol–water partition coefficient (Wildman–Crippen LogP) is 3.31. The molecular formula is C20H26N2O. The number of nitrogens with zero attached hydrogens (tertiary/aromatic N) is 1. The molecule has 1 aliphatic carbocycles. The van der Waals surface area contributed by atoms with Crippen LogP contribution in [0.1, 0.15) is 28.2 Å². The topological polar surface area (TPSA) is 38.5 Å². The zero-order chi connectivity index (χ0) is 16.6. The zero-order valence-corrected chi connectivity index (χ0v) is 14.5. The van der Waals surface area contributed by atoms with Crippen molar-refractivity contribution >= 4 is 0 Å². The van der Waals surface area contributed by atoms with E-state index in [1.165, 1.54) is 33.4 Å². The van der Waals surface area contributed by atoms with E-state index in [1.54, 1.807) is 0 Å². The second-order valence-corrected chi connectivity index (χ2v) is 6.66. The van der Waals surface area contributed by atoms with Crippen LogP contribution < -0.4 is 10.5 Å². The molecular weight excluding hydrogens is 284 g/mol. The number of benzene rings is 2. The predicted molar refractivity (Wildman–Crippen MR) is 96.3 cm³/mol. The molecule has 122 valence electrons. The van der Waals surface area contributed by atoms with Crippen LogP contribution in [0.3, 0.4) is 0 Å². The number of ether oxygens (including phenoxy) is 1. The first kappa shape index (κ1) is 16.0. The number of fused-ring (bicyclic) bond motifs is 3. The van der Waals surface area contributed by atoms with Crippen LogP contribution in [0.4, 0.5) is 0 Å². The van der Waals surface area contributed by atoms with Gasteiger partial charge in [0, 0.05) is 19.0 Å². The van der Waals surface area contributed by atoms with Gasteiger partial charge in [-0.15, -0.1) is 0 Å². The number of likely N-dealkylation sites (N-methyl/N-ethyl adjacent to an activating group) is 1. The van der Waals surface area contributed by atoms with E-state index in [4.69, 9.17) is 10.5 Å². The van der Waals surface area contributed by atoms with Crippen molar-refractivity contribution in [1.29, 1.82) is 0 Å². The fourth-order valence-electron chi connectivity index (χ4n) is 3.40. The van der Waals surface area contributed by atoms with Gasteiger partial charge in [-0.2, -0.15) is 0 Å². The van der Waals surface area contributed by atoms with Gasteiger partial charge in [-0.3, -0.25) is 0 Å². The number of nitrogens with two attached hydrogens (primary N) is 1. The molecule has 0 amide bonds. The molecule has 2 aromatic rings. The molecule has 0 spiro atoms. The molecule has 23 heavy (non-hydrogen) atoms. The maximum Gasteiger partial charge on any atom is 0.119 e. The van der Waals surface area contributed by atoms with Gasteiger partial charge in [0.1, 0.15) is 12.4 Å². The molecule has 0 fully saturated rings. The Hall–Kier alpha value is -1.84. The lowest BCUT2D eigenvalue weighted by Gasteiger charge is -2.14. The molecule has 3 nitrogen and oxygen atoms in total. The molecule has 0 radical (unpaired) electrons. The lowest BCUT2D eigenvalue weighted by atomic mass is 9.94. The summed E-state index contributed by atoms with van der Waals surface area (Å²) in [5.41, 5.74) is 14.1. The molecule has 0 aliphatic heterocycles. The van der Waals surface area contributed by atoms with Crippen LogP contribution in [0.15, 0.2) is 30.3 Å². The molecule has 0 saturated carbocycles. The van der Waals surface area contributed by atoms with Gasteiger partial charge >= 0.3 is 0 Å². The van der Waals surface area contributed by atoms with Gasteiger partial charge in [-0.05, 0) is 73.5 Å². The third kappa shape index (κ3) is 2.87. The minimum Gasteiger partial charge on any atom is -0.492 e. The van der Waals surface area contributed by atoms with Crippen LogP contribution >= 0.6 is 0 Å². The summed E-state index contributed by atoms with van der Waals surface area (Å²) in [6, 6.07) is 10.9. The van der Waals surface area contributed by atoms with Crippen molar-refractivity contribution in [1.82, 2.24) is 4.90 Å². The van der Waals surface area contributed by atoms with Crippen LogP contribution in [-0.2, 0) is 0 Å². The Morgan fingerprint density at radius 2 is 1.87 bits per heavy atom. The molecule has 0 heterocycles. The maximum atomic E-state index is 6.09. The molecule has 2 aromatic carbocycles. The quantitative estimate of drug-likeness (QED) is 0.921. The summed E-state index contributed by atoms with van der Waals surface area (Å²) in [5.74, 6) is 1.21. The van der Waals surface area contributed by atoms with Crippen LogP contribution in [0, 0.1) is 13.8 Å². The normalized spacial score (nSPS) is 15.7. The highest BCUT2D eigenvalue weighted by Crippen LogP contribution is 2.47. The molecule has 0 bridgehead atoms. The van der Waals surface area contributed by atoms with E-state index in [-0.39, 0.29) is 5.92 Å². The zero-order valence-electron chi connectivity index (χ0n) is 14.5. The summed E-state index contributed by atoms with van der Waals surface area (Å²) in [7, 11) is 4.11. The lowest BCUT2D eigenvalue weighted by Crippen LogP contribution is -2.19. The summed E-state index contributed by atoms with van der Waals surface area (Å²) < 4.78 is 5.91. The van der Waals surface area contributed by atoms with Crippen molar-refractivity contribution in [2.45, 2.75) is 19.8 Å². The Balaban J connectivity index is 1.97. The second kappa shape index (κ2) is 6.34. The number of hydrogen-bond acceptors (Lipinski definition) is 3. The van der Waals surface area contributed by atoms with Crippen LogP contribution in [0.2, 0.25) is 0 Å². The van der Waals surface area contributed by atoms with Gasteiger partial charge in [0.15, 0.2) is 0 Å². The first-order valence-electron chi connectivity index (χ1n) is 8.25. The number of aryl methyl sites for hydroxylation is 1. The Morgan fingerprint density at radius 3 is 2.57 bits per heavy atom. The molecule has 2 N–H and O–H groups in total. The summed E-state index contributed by atoms with van der Waals surface area (Å²) in [6.07, 6.45) is 0. The maximum absolute atomic E-state index is 6.09. The van der Waals surface area contributed by atoms with Crippen molar-refractivity contribution in [3.63, 3.8) is 0 Å². The highest BCUT2D eigenvalue weighted by atomic mass is 16.5. The molecule has 3 rings (SSSR count). The van der Waals surface area contributed by atoms with Crippen molar-refractivity contribution in [2.75, 3.05) is 33.8 Å². The Labute approximate surface area is 139 Å². The minimum absolute atomic E-state index is 0.275. The Morgan fingerprint density at radius 1 is 1.09 bits per heavy atom.